The van der Waals surface area contributed by atoms with Gasteiger partial charge in [0.05, 0.1) is 12.8 Å². The van der Waals surface area contributed by atoms with Crippen molar-refractivity contribution in [3.63, 3.8) is 0 Å². The van der Waals surface area contributed by atoms with Crippen LogP contribution in [-0.4, -0.2) is 18.7 Å². The van der Waals surface area contributed by atoms with Gasteiger partial charge in [0.2, 0.25) is 11.6 Å². The molecule has 0 heterocycles. The van der Waals surface area contributed by atoms with E-state index in [2.05, 4.69) is 5.32 Å². The molecule has 0 unspecified atom stereocenters. The number of ether oxygens (including phenoxy) is 1. The van der Waals surface area contributed by atoms with Crippen LogP contribution in [-0.2, 0) is 14.3 Å². The highest BCUT2D eigenvalue weighted by atomic mass is 35.5. The molecule has 0 aromatic heterocycles. The van der Waals surface area contributed by atoms with E-state index in [9.17, 15) is 9.59 Å². The van der Waals surface area contributed by atoms with Crippen molar-refractivity contribution in [1.82, 2.24) is 0 Å². The molecule has 1 aliphatic carbocycles. The lowest BCUT2D eigenvalue weighted by atomic mass is 10.1. The molecule has 1 aromatic carbocycles. The highest BCUT2D eigenvalue weighted by molar-refractivity contribution is 6.46. The number of carbonyl (C=O) groups excluding carboxylic acids is 2. The van der Waals surface area contributed by atoms with Crippen LogP contribution in [0.3, 0.4) is 0 Å². The minimum absolute atomic E-state index is 0.328. The number of nitrogens with one attached hydrogen (secondary N) is 1. The Morgan fingerprint density at radius 1 is 1.06 bits per heavy atom. The fourth-order valence-electron chi connectivity index (χ4n) is 1.50. The third kappa shape index (κ3) is 2.60. The topological polar surface area (TPSA) is 55.4 Å². The predicted molar refractivity (Wildman–Crippen MR) is 68.3 cm³/mol. The monoisotopic (exact) mass is 263 g/mol. The van der Waals surface area contributed by atoms with Crippen molar-refractivity contribution in [2.45, 2.75) is 0 Å². The summed E-state index contributed by atoms with van der Waals surface area (Å²) in [4.78, 5) is 22.5. The summed E-state index contributed by atoms with van der Waals surface area (Å²) >= 11 is 5.78. The fourth-order valence-corrected chi connectivity index (χ4v) is 1.62. The van der Waals surface area contributed by atoms with E-state index >= 15 is 0 Å². The lowest BCUT2D eigenvalue weighted by Crippen LogP contribution is -2.19. The maximum Gasteiger partial charge on any atom is 0.229 e. The second-order valence-corrected chi connectivity index (χ2v) is 4.07. The van der Waals surface area contributed by atoms with E-state index in [1.54, 1.807) is 24.3 Å². The van der Waals surface area contributed by atoms with Crippen LogP contribution in [0, 0.1) is 0 Å². The van der Waals surface area contributed by atoms with Gasteiger partial charge < -0.3 is 10.1 Å². The molecular weight excluding hydrogens is 254 g/mol. The first-order valence-electron chi connectivity index (χ1n) is 5.19. The van der Waals surface area contributed by atoms with Gasteiger partial charge in [-0.2, -0.15) is 0 Å². The van der Waals surface area contributed by atoms with Gasteiger partial charge >= 0.3 is 0 Å². The molecule has 0 radical (unpaired) electrons. The molecule has 1 N–H and O–H groups in total. The number of carbonyl (C=O) groups is 2. The third-order valence-corrected chi connectivity index (χ3v) is 2.64. The molecule has 1 aliphatic rings. The Morgan fingerprint density at radius 3 is 2.28 bits per heavy atom. The van der Waals surface area contributed by atoms with Crippen LogP contribution in [0.1, 0.15) is 0 Å². The Morgan fingerprint density at radius 2 is 1.67 bits per heavy atom. The average molecular weight is 264 g/mol. The standard InChI is InChI=1S/C13H10ClNO3/c1-18-13-7-12(17)11(16)6-10(13)15-9-4-2-8(14)3-5-9/h2-7,15H,1H3. The molecular formula is C13H10ClNO3. The van der Waals surface area contributed by atoms with E-state index in [0.717, 1.165) is 5.69 Å². The number of benzene rings is 1. The molecule has 1 aromatic rings. The van der Waals surface area contributed by atoms with Crippen molar-refractivity contribution < 1.29 is 14.3 Å². The van der Waals surface area contributed by atoms with Crippen LogP contribution in [0.2, 0.25) is 5.02 Å². The predicted octanol–water partition coefficient (Wildman–Crippen LogP) is 2.32. The molecule has 4 nitrogen and oxygen atoms in total. The Bertz CT molecular complexity index is 558. The van der Waals surface area contributed by atoms with E-state index in [4.69, 9.17) is 16.3 Å². The summed E-state index contributed by atoms with van der Waals surface area (Å²) in [6.45, 7) is 0. The molecule has 2 rings (SSSR count). The molecule has 0 amide bonds. The number of hydrogen-bond donors (Lipinski definition) is 1. The van der Waals surface area contributed by atoms with Crippen molar-refractivity contribution in [3.8, 4) is 0 Å². The van der Waals surface area contributed by atoms with Crippen molar-refractivity contribution >= 4 is 28.9 Å². The summed E-state index contributed by atoms with van der Waals surface area (Å²) in [7, 11) is 1.44. The molecule has 0 aliphatic heterocycles. The van der Waals surface area contributed by atoms with Gasteiger partial charge in [0, 0.05) is 22.9 Å². The van der Waals surface area contributed by atoms with E-state index in [-0.39, 0.29) is 0 Å². The summed E-state index contributed by atoms with van der Waals surface area (Å²) in [5.41, 5.74) is 1.19. The lowest BCUT2D eigenvalue weighted by molar-refractivity contribution is -0.131. The Balaban J connectivity index is 2.25. The van der Waals surface area contributed by atoms with Gasteiger partial charge in [0.1, 0.15) is 5.76 Å². The number of methoxy groups -OCH3 is 1. The van der Waals surface area contributed by atoms with Crippen molar-refractivity contribution in [2.75, 3.05) is 12.4 Å². The van der Waals surface area contributed by atoms with Crippen LogP contribution in [0.4, 0.5) is 5.69 Å². The van der Waals surface area contributed by atoms with Crippen LogP contribution in [0.25, 0.3) is 0 Å². The molecule has 5 heteroatoms. The molecule has 0 atom stereocenters. The SMILES string of the molecule is COC1=CC(=O)C(=O)C=C1Nc1ccc(Cl)cc1. The zero-order chi connectivity index (χ0) is 13.1. The molecule has 0 saturated carbocycles. The summed E-state index contributed by atoms with van der Waals surface area (Å²) in [5.74, 6) is -0.838. The number of hydrogen-bond acceptors (Lipinski definition) is 4. The van der Waals surface area contributed by atoms with Gasteiger partial charge in [-0.25, -0.2) is 0 Å². The van der Waals surface area contributed by atoms with Crippen LogP contribution >= 0.6 is 11.6 Å². The number of halogens is 1. The first-order chi connectivity index (χ1) is 8.60. The van der Waals surface area contributed by atoms with Gasteiger partial charge in [-0.05, 0) is 24.3 Å². The minimum atomic E-state index is -0.589. The van der Waals surface area contributed by atoms with Crippen molar-refractivity contribution in [3.05, 3.63) is 52.9 Å². The largest absolute Gasteiger partial charge is 0.494 e. The number of ketones is 2. The van der Waals surface area contributed by atoms with Gasteiger partial charge in [-0.1, -0.05) is 11.6 Å². The molecule has 0 saturated heterocycles. The van der Waals surface area contributed by atoms with E-state index in [1.165, 1.54) is 19.3 Å². The fraction of sp³-hybridized carbons (Fsp3) is 0.0769. The van der Waals surface area contributed by atoms with Crippen molar-refractivity contribution in [1.29, 1.82) is 0 Å². The smallest absolute Gasteiger partial charge is 0.229 e. The van der Waals surface area contributed by atoms with Crippen LogP contribution in [0.15, 0.2) is 47.9 Å². The highest BCUT2D eigenvalue weighted by Crippen LogP contribution is 2.20. The number of allylic oxidation sites excluding steroid dienone is 2. The maximum atomic E-state index is 11.3. The normalized spacial score (nSPS) is 15.0. The Kier molecular flexibility index (Phi) is 3.48. The minimum Gasteiger partial charge on any atom is -0.494 e. The van der Waals surface area contributed by atoms with Gasteiger partial charge in [-0.3, -0.25) is 9.59 Å². The second kappa shape index (κ2) is 5.06. The molecule has 0 bridgehead atoms. The van der Waals surface area contributed by atoms with Crippen LogP contribution < -0.4 is 5.32 Å². The zero-order valence-electron chi connectivity index (χ0n) is 9.57. The first-order valence-corrected chi connectivity index (χ1v) is 5.56. The summed E-state index contributed by atoms with van der Waals surface area (Å²) < 4.78 is 5.05. The molecule has 18 heavy (non-hydrogen) atoms. The number of anilines is 1. The second-order valence-electron chi connectivity index (χ2n) is 3.63. The molecule has 0 fully saturated rings. The van der Waals surface area contributed by atoms with Crippen molar-refractivity contribution in [2.24, 2.45) is 0 Å². The Hall–Kier alpha value is -2.07. The quantitative estimate of drug-likeness (QED) is 0.672. The van der Waals surface area contributed by atoms with E-state index < -0.39 is 11.6 Å². The molecule has 0 spiro atoms. The molecule has 92 valence electrons. The maximum absolute atomic E-state index is 11.3. The van der Waals surface area contributed by atoms with Gasteiger partial charge in [0.15, 0.2) is 0 Å². The number of rotatable bonds is 3. The average Bonchev–Trinajstić information content (AvgIpc) is 2.36. The highest BCUT2D eigenvalue weighted by Gasteiger charge is 2.20. The van der Waals surface area contributed by atoms with E-state index in [0.29, 0.717) is 16.5 Å². The van der Waals surface area contributed by atoms with E-state index in [1.807, 2.05) is 0 Å². The van der Waals surface area contributed by atoms with Gasteiger partial charge in [0.25, 0.3) is 0 Å². The summed E-state index contributed by atoms with van der Waals surface area (Å²) in [6.07, 6.45) is 2.39. The summed E-state index contributed by atoms with van der Waals surface area (Å²) in [6, 6.07) is 6.96. The first kappa shape index (κ1) is 12.4. The summed E-state index contributed by atoms with van der Waals surface area (Å²) in [5, 5.41) is 3.61. The van der Waals surface area contributed by atoms with Crippen LogP contribution in [0.5, 0.6) is 0 Å². The Labute approximate surface area is 109 Å². The lowest BCUT2D eigenvalue weighted by Gasteiger charge is -2.15. The van der Waals surface area contributed by atoms with Gasteiger partial charge in [-0.15, -0.1) is 0 Å². The zero-order valence-corrected chi connectivity index (χ0v) is 10.3. The third-order valence-electron chi connectivity index (χ3n) is 2.39.